The second-order valence-electron chi connectivity index (χ2n) is 3.57. The number of hydrogen-bond acceptors (Lipinski definition) is 1. The third-order valence-electron chi connectivity index (χ3n) is 2.20. The molecule has 0 saturated carbocycles. The molecule has 0 fully saturated rings. The summed E-state index contributed by atoms with van der Waals surface area (Å²) < 4.78 is 13.3. The largest absolute Gasteiger partial charge is 0.323 e. The van der Waals surface area contributed by atoms with E-state index in [1.54, 1.807) is 36.4 Å². The Hall–Kier alpha value is -2.07. The zero-order valence-electron chi connectivity index (χ0n) is 9.28. The zero-order chi connectivity index (χ0) is 13.0. The molecule has 0 aromatic heterocycles. The van der Waals surface area contributed by atoms with E-state index in [-0.39, 0.29) is 5.69 Å². The highest BCUT2D eigenvalue weighted by atomic mass is 35.5. The van der Waals surface area contributed by atoms with Crippen LogP contribution < -0.4 is 10.6 Å². The van der Waals surface area contributed by atoms with Gasteiger partial charge < -0.3 is 10.6 Å². The molecular formula is C13H10ClFN2O. The molecule has 18 heavy (non-hydrogen) atoms. The molecule has 3 nitrogen and oxygen atoms in total. The highest BCUT2D eigenvalue weighted by Gasteiger charge is 2.06. The number of hydrogen-bond donors (Lipinski definition) is 2. The average molecular weight is 265 g/mol. The zero-order valence-corrected chi connectivity index (χ0v) is 10.0. The Morgan fingerprint density at radius 2 is 1.83 bits per heavy atom. The van der Waals surface area contributed by atoms with Crippen molar-refractivity contribution in [3.63, 3.8) is 0 Å². The Balaban J connectivity index is 2.03. The summed E-state index contributed by atoms with van der Waals surface area (Å²) in [5, 5.41) is 5.48. The van der Waals surface area contributed by atoms with Gasteiger partial charge in [0.15, 0.2) is 0 Å². The van der Waals surface area contributed by atoms with Crippen molar-refractivity contribution in [2.75, 3.05) is 10.6 Å². The van der Waals surface area contributed by atoms with Crippen LogP contribution in [-0.4, -0.2) is 6.03 Å². The van der Waals surface area contributed by atoms with Crippen LogP contribution in [-0.2, 0) is 0 Å². The molecule has 2 rings (SSSR count). The van der Waals surface area contributed by atoms with E-state index < -0.39 is 11.8 Å². The number of amides is 2. The topological polar surface area (TPSA) is 41.1 Å². The maximum absolute atomic E-state index is 13.3. The lowest BCUT2D eigenvalue weighted by atomic mass is 10.3. The third-order valence-corrected chi connectivity index (χ3v) is 2.44. The molecule has 2 N–H and O–H groups in total. The lowest BCUT2D eigenvalue weighted by Gasteiger charge is -2.08. The quantitative estimate of drug-likeness (QED) is 0.841. The van der Waals surface area contributed by atoms with Gasteiger partial charge in [0.25, 0.3) is 0 Å². The molecule has 2 aromatic carbocycles. The SMILES string of the molecule is O=C(Nc1cccc(Cl)c1)Nc1ccccc1F. The summed E-state index contributed by atoms with van der Waals surface area (Å²) in [5.41, 5.74) is 0.661. The number of carbonyl (C=O) groups excluding carboxylic acids is 1. The monoisotopic (exact) mass is 264 g/mol. The van der Waals surface area contributed by atoms with Gasteiger partial charge in [0.1, 0.15) is 5.82 Å². The Kier molecular flexibility index (Phi) is 3.79. The number of urea groups is 1. The van der Waals surface area contributed by atoms with Crippen LogP contribution in [0, 0.1) is 5.82 Å². The molecule has 92 valence electrons. The van der Waals surface area contributed by atoms with Crippen LogP contribution in [0.4, 0.5) is 20.6 Å². The smallest absolute Gasteiger partial charge is 0.308 e. The molecule has 0 saturated heterocycles. The van der Waals surface area contributed by atoms with Gasteiger partial charge in [-0.05, 0) is 30.3 Å². The van der Waals surface area contributed by atoms with Crippen molar-refractivity contribution in [1.29, 1.82) is 0 Å². The maximum atomic E-state index is 13.3. The molecule has 0 atom stereocenters. The third kappa shape index (κ3) is 3.21. The number of anilines is 2. The first-order chi connectivity index (χ1) is 8.65. The average Bonchev–Trinajstić information content (AvgIpc) is 2.32. The van der Waals surface area contributed by atoms with Crippen molar-refractivity contribution >= 4 is 29.0 Å². The Bertz CT molecular complexity index is 574. The number of para-hydroxylation sites is 1. The Labute approximate surface area is 109 Å². The first-order valence-corrected chi connectivity index (χ1v) is 5.61. The van der Waals surface area contributed by atoms with Crippen molar-refractivity contribution in [2.45, 2.75) is 0 Å². The molecule has 0 aliphatic carbocycles. The van der Waals surface area contributed by atoms with Crippen molar-refractivity contribution in [3.05, 3.63) is 59.4 Å². The molecule has 0 aliphatic rings. The van der Waals surface area contributed by atoms with Crippen molar-refractivity contribution in [1.82, 2.24) is 0 Å². The summed E-state index contributed by atoms with van der Waals surface area (Å²) in [5.74, 6) is -0.487. The minimum Gasteiger partial charge on any atom is -0.308 e. The van der Waals surface area contributed by atoms with Gasteiger partial charge in [-0.15, -0.1) is 0 Å². The standard InChI is InChI=1S/C13H10ClFN2O/c14-9-4-3-5-10(8-9)16-13(18)17-12-7-2-1-6-11(12)15/h1-8H,(H2,16,17,18). The predicted octanol–water partition coefficient (Wildman–Crippen LogP) is 4.12. The van der Waals surface area contributed by atoms with Gasteiger partial charge >= 0.3 is 6.03 Å². The highest BCUT2D eigenvalue weighted by molar-refractivity contribution is 6.30. The van der Waals surface area contributed by atoms with Gasteiger partial charge in [0.2, 0.25) is 0 Å². The van der Waals surface area contributed by atoms with Gasteiger partial charge in [-0.2, -0.15) is 0 Å². The van der Waals surface area contributed by atoms with Gasteiger partial charge in [-0.1, -0.05) is 29.8 Å². The van der Waals surface area contributed by atoms with Gasteiger partial charge in [0, 0.05) is 10.7 Å². The minimum absolute atomic E-state index is 0.122. The van der Waals surface area contributed by atoms with Crippen LogP contribution in [0.15, 0.2) is 48.5 Å². The molecule has 0 radical (unpaired) electrons. The fourth-order valence-corrected chi connectivity index (χ4v) is 1.60. The molecule has 0 unspecified atom stereocenters. The van der Waals surface area contributed by atoms with Crippen LogP contribution in [0.1, 0.15) is 0 Å². The van der Waals surface area contributed by atoms with E-state index in [1.165, 1.54) is 12.1 Å². The van der Waals surface area contributed by atoms with E-state index in [2.05, 4.69) is 10.6 Å². The molecule has 0 heterocycles. The second kappa shape index (κ2) is 5.51. The minimum atomic E-state index is -0.526. The second-order valence-corrected chi connectivity index (χ2v) is 4.01. The van der Waals surface area contributed by atoms with E-state index in [0.29, 0.717) is 10.7 Å². The van der Waals surface area contributed by atoms with Gasteiger partial charge in [-0.25, -0.2) is 9.18 Å². The van der Waals surface area contributed by atoms with Gasteiger partial charge in [0.05, 0.1) is 5.69 Å². The summed E-state index contributed by atoms with van der Waals surface area (Å²) in [7, 11) is 0. The van der Waals surface area contributed by atoms with E-state index >= 15 is 0 Å². The number of rotatable bonds is 2. The first kappa shape index (κ1) is 12.4. The van der Waals surface area contributed by atoms with Gasteiger partial charge in [-0.3, -0.25) is 0 Å². The number of halogens is 2. The summed E-state index contributed by atoms with van der Waals surface area (Å²) in [6, 6.07) is 12.1. The fraction of sp³-hybridized carbons (Fsp3) is 0. The van der Waals surface area contributed by atoms with Crippen molar-refractivity contribution < 1.29 is 9.18 Å². The lowest BCUT2D eigenvalue weighted by molar-refractivity contribution is 0.262. The normalized spacial score (nSPS) is 9.89. The Morgan fingerprint density at radius 1 is 1.06 bits per heavy atom. The summed E-state index contributed by atoms with van der Waals surface area (Å²) in [6.45, 7) is 0. The fourth-order valence-electron chi connectivity index (χ4n) is 1.41. The van der Waals surface area contributed by atoms with Crippen LogP contribution in [0.5, 0.6) is 0 Å². The first-order valence-electron chi connectivity index (χ1n) is 5.23. The lowest BCUT2D eigenvalue weighted by Crippen LogP contribution is -2.20. The van der Waals surface area contributed by atoms with E-state index in [9.17, 15) is 9.18 Å². The summed E-state index contributed by atoms with van der Waals surface area (Å²) >= 11 is 5.78. The number of carbonyl (C=O) groups is 1. The van der Waals surface area contributed by atoms with Crippen LogP contribution in [0.25, 0.3) is 0 Å². The molecule has 0 aliphatic heterocycles. The summed E-state index contributed by atoms with van der Waals surface area (Å²) in [6.07, 6.45) is 0. The predicted molar refractivity (Wildman–Crippen MR) is 70.5 cm³/mol. The van der Waals surface area contributed by atoms with Crippen molar-refractivity contribution in [3.8, 4) is 0 Å². The van der Waals surface area contributed by atoms with Crippen LogP contribution in [0.3, 0.4) is 0 Å². The molecule has 2 amide bonds. The van der Waals surface area contributed by atoms with E-state index in [4.69, 9.17) is 11.6 Å². The van der Waals surface area contributed by atoms with Crippen LogP contribution in [0.2, 0.25) is 5.02 Å². The van der Waals surface area contributed by atoms with E-state index in [0.717, 1.165) is 0 Å². The van der Waals surface area contributed by atoms with E-state index in [1.807, 2.05) is 0 Å². The molecule has 0 bridgehead atoms. The number of nitrogens with one attached hydrogen (secondary N) is 2. The highest BCUT2D eigenvalue weighted by Crippen LogP contribution is 2.16. The maximum Gasteiger partial charge on any atom is 0.323 e. The number of benzene rings is 2. The molecule has 5 heteroatoms. The van der Waals surface area contributed by atoms with Crippen molar-refractivity contribution in [2.24, 2.45) is 0 Å². The summed E-state index contributed by atoms with van der Waals surface area (Å²) in [4.78, 5) is 11.6. The Morgan fingerprint density at radius 3 is 2.56 bits per heavy atom. The molecular weight excluding hydrogens is 255 g/mol. The molecule has 0 spiro atoms. The van der Waals surface area contributed by atoms with Crippen LogP contribution >= 0.6 is 11.6 Å². The molecule has 2 aromatic rings.